The minimum absolute atomic E-state index is 0.311. The lowest BCUT2D eigenvalue weighted by Gasteiger charge is -2.22. The van der Waals surface area contributed by atoms with E-state index in [9.17, 15) is 0 Å². The number of rotatable bonds is 4. The molecule has 0 saturated carbocycles. The molecule has 0 bridgehead atoms. The fourth-order valence-corrected chi connectivity index (χ4v) is 3.15. The first-order valence-electron chi connectivity index (χ1n) is 7.53. The molecule has 0 N–H and O–H groups in total. The number of benzene rings is 1. The summed E-state index contributed by atoms with van der Waals surface area (Å²) in [6, 6.07) is 6.43. The zero-order valence-corrected chi connectivity index (χ0v) is 13.9. The highest BCUT2D eigenvalue weighted by atomic mass is 79.9. The highest BCUT2D eigenvalue weighted by molar-refractivity contribution is 9.10. The lowest BCUT2D eigenvalue weighted by molar-refractivity contribution is -0.0388. The summed E-state index contributed by atoms with van der Waals surface area (Å²) in [4.78, 5) is 4.55. The van der Waals surface area contributed by atoms with E-state index in [-0.39, 0.29) is 0 Å². The number of hydrogen-bond donors (Lipinski definition) is 0. The predicted molar refractivity (Wildman–Crippen MR) is 87.5 cm³/mol. The van der Waals surface area contributed by atoms with Crippen LogP contribution in [0.15, 0.2) is 28.9 Å². The Morgan fingerprint density at radius 3 is 2.90 bits per heavy atom. The largest absolute Gasteiger partial charge is 0.381 e. The van der Waals surface area contributed by atoms with Crippen molar-refractivity contribution >= 4 is 26.8 Å². The lowest BCUT2D eigenvalue weighted by atomic mass is 10.0. The van der Waals surface area contributed by atoms with E-state index in [1.165, 1.54) is 16.5 Å². The van der Waals surface area contributed by atoms with Crippen LogP contribution in [0.5, 0.6) is 0 Å². The van der Waals surface area contributed by atoms with Crippen LogP contribution in [0.3, 0.4) is 0 Å². The molecule has 1 aromatic carbocycles. The SMILES string of the molecule is CCc1cc(COC2CCOCC2)c2nccc(Br)c2c1. The highest BCUT2D eigenvalue weighted by Gasteiger charge is 2.15. The summed E-state index contributed by atoms with van der Waals surface area (Å²) < 4.78 is 12.5. The third kappa shape index (κ3) is 3.44. The molecule has 0 unspecified atom stereocenters. The smallest absolute Gasteiger partial charge is 0.0768 e. The molecular weight excluding hydrogens is 330 g/mol. The molecule has 112 valence electrons. The summed E-state index contributed by atoms with van der Waals surface area (Å²) >= 11 is 3.62. The fraction of sp³-hybridized carbons (Fsp3) is 0.471. The summed E-state index contributed by atoms with van der Waals surface area (Å²) in [5.41, 5.74) is 3.53. The van der Waals surface area contributed by atoms with Crippen molar-refractivity contribution < 1.29 is 9.47 Å². The first kappa shape index (κ1) is 14.9. The summed E-state index contributed by atoms with van der Waals surface area (Å²) in [6.07, 6.45) is 5.15. The maximum Gasteiger partial charge on any atom is 0.0768 e. The van der Waals surface area contributed by atoms with E-state index in [0.717, 1.165) is 42.5 Å². The minimum atomic E-state index is 0.311. The Bertz CT molecular complexity index is 623. The van der Waals surface area contributed by atoms with Crippen LogP contribution in [0.25, 0.3) is 10.9 Å². The van der Waals surface area contributed by atoms with Crippen molar-refractivity contribution in [1.82, 2.24) is 4.98 Å². The summed E-state index contributed by atoms with van der Waals surface area (Å²) in [5, 5.41) is 1.17. The van der Waals surface area contributed by atoms with E-state index in [1.54, 1.807) is 0 Å². The second kappa shape index (κ2) is 6.86. The van der Waals surface area contributed by atoms with Crippen LogP contribution in [0, 0.1) is 0 Å². The molecule has 1 aliphatic heterocycles. The standard InChI is InChI=1S/C17H20BrNO2/c1-2-12-9-13(11-21-14-4-7-20-8-5-14)17-15(10-12)16(18)3-6-19-17/h3,6,9-10,14H,2,4-5,7-8,11H2,1H3. The fourth-order valence-electron chi connectivity index (χ4n) is 2.73. The summed E-state index contributed by atoms with van der Waals surface area (Å²) in [5.74, 6) is 0. The van der Waals surface area contributed by atoms with Crippen molar-refractivity contribution in [2.45, 2.75) is 38.9 Å². The Labute approximate surface area is 133 Å². The average molecular weight is 350 g/mol. The predicted octanol–water partition coefficient (Wildman–Crippen LogP) is 4.26. The van der Waals surface area contributed by atoms with Gasteiger partial charge in [0.1, 0.15) is 0 Å². The van der Waals surface area contributed by atoms with Gasteiger partial charge in [-0.25, -0.2) is 0 Å². The zero-order valence-electron chi connectivity index (χ0n) is 12.3. The number of halogens is 1. The van der Waals surface area contributed by atoms with Gasteiger partial charge in [-0.3, -0.25) is 4.98 Å². The van der Waals surface area contributed by atoms with Gasteiger partial charge in [0.15, 0.2) is 0 Å². The Kier molecular flexibility index (Phi) is 4.88. The Balaban J connectivity index is 1.87. The molecule has 1 aliphatic rings. The van der Waals surface area contributed by atoms with Crippen LogP contribution >= 0.6 is 15.9 Å². The normalized spacial score (nSPS) is 16.5. The van der Waals surface area contributed by atoms with Crippen LogP contribution in [0.1, 0.15) is 30.9 Å². The van der Waals surface area contributed by atoms with Gasteiger partial charge in [-0.05, 0) is 37.0 Å². The topological polar surface area (TPSA) is 31.4 Å². The van der Waals surface area contributed by atoms with Gasteiger partial charge in [-0.15, -0.1) is 0 Å². The van der Waals surface area contributed by atoms with Crippen LogP contribution in [0.4, 0.5) is 0 Å². The van der Waals surface area contributed by atoms with E-state index in [2.05, 4.69) is 40.0 Å². The molecule has 3 rings (SSSR count). The third-order valence-electron chi connectivity index (χ3n) is 3.98. The van der Waals surface area contributed by atoms with Gasteiger partial charge in [-0.1, -0.05) is 28.9 Å². The average Bonchev–Trinajstić information content (AvgIpc) is 2.54. The van der Waals surface area contributed by atoms with Crippen molar-refractivity contribution in [2.75, 3.05) is 13.2 Å². The summed E-state index contributed by atoms with van der Waals surface area (Å²) in [7, 11) is 0. The van der Waals surface area contributed by atoms with Crippen LogP contribution < -0.4 is 0 Å². The molecule has 0 spiro atoms. The van der Waals surface area contributed by atoms with Crippen molar-refractivity contribution in [3.05, 3.63) is 40.0 Å². The van der Waals surface area contributed by atoms with Gasteiger partial charge in [0.2, 0.25) is 0 Å². The number of ether oxygens (including phenoxy) is 2. The van der Waals surface area contributed by atoms with Crippen LogP contribution in [0.2, 0.25) is 0 Å². The van der Waals surface area contributed by atoms with E-state index in [0.29, 0.717) is 12.7 Å². The monoisotopic (exact) mass is 349 g/mol. The molecule has 21 heavy (non-hydrogen) atoms. The molecule has 0 radical (unpaired) electrons. The van der Waals surface area contributed by atoms with Crippen molar-refractivity contribution in [3.63, 3.8) is 0 Å². The number of nitrogens with zero attached hydrogens (tertiary/aromatic N) is 1. The molecule has 4 heteroatoms. The van der Waals surface area contributed by atoms with Gasteiger partial charge >= 0.3 is 0 Å². The third-order valence-corrected chi connectivity index (χ3v) is 4.67. The molecule has 0 aliphatic carbocycles. The number of aromatic nitrogens is 1. The molecule has 1 saturated heterocycles. The molecule has 2 heterocycles. The molecule has 2 aromatic rings. The molecule has 3 nitrogen and oxygen atoms in total. The van der Waals surface area contributed by atoms with E-state index < -0.39 is 0 Å². The Hall–Kier alpha value is -0.970. The lowest BCUT2D eigenvalue weighted by Crippen LogP contribution is -2.23. The first-order chi connectivity index (χ1) is 10.3. The van der Waals surface area contributed by atoms with Crippen LogP contribution in [-0.4, -0.2) is 24.3 Å². The van der Waals surface area contributed by atoms with Gasteiger partial charge < -0.3 is 9.47 Å². The maximum absolute atomic E-state index is 6.08. The molecule has 1 fully saturated rings. The number of aryl methyl sites for hydroxylation is 1. The summed E-state index contributed by atoms with van der Waals surface area (Å²) in [6.45, 7) is 4.42. The van der Waals surface area contributed by atoms with Crippen molar-refractivity contribution in [2.24, 2.45) is 0 Å². The van der Waals surface area contributed by atoms with E-state index in [1.807, 2.05) is 12.3 Å². The Morgan fingerprint density at radius 2 is 2.14 bits per heavy atom. The molecule has 0 amide bonds. The zero-order chi connectivity index (χ0) is 14.7. The second-order valence-corrected chi connectivity index (χ2v) is 6.27. The van der Waals surface area contributed by atoms with Crippen molar-refractivity contribution in [3.8, 4) is 0 Å². The van der Waals surface area contributed by atoms with E-state index >= 15 is 0 Å². The van der Waals surface area contributed by atoms with E-state index in [4.69, 9.17) is 9.47 Å². The van der Waals surface area contributed by atoms with Crippen molar-refractivity contribution in [1.29, 1.82) is 0 Å². The van der Waals surface area contributed by atoms with Gasteiger partial charge in [-0.2, -0.15) is 0 Å². The highest BCUT2D eigenvalue weighted by Crippen LogP contribution is 2.27. The van der Waals surface area contributed by atoms with Gasteiger partial charge in [0.05, 0.1) is 18.2 Å². The Morgan fingerprint density at radius 1 is 1.33 bits per heavy atom. The molecule has 0 atom stereocenters. The quantitative estimate of drug-likeness (QED) is 0.826. The minimum Gasteiger partial charge on any atom is -0.381 e. The van der Waals surface area contributed by atoms with Crippen LogP contribution in [-0.2, 0) is 22.5 Å². The number of hydrogen-bond acceptors (Lipinski definition) is 3. The molecular formula is C17H20BrNO2. The maximum atomic E-state index is 6.08. The number of fused-ring (bicyclic) bond motifs is 1. The van der Waals surface area contributed by atoms with Gasteiger partial charge in [0, 0.05) is 34.8 Å². The molecule has 1 aromatic heterocycles. The number of pyridine rings is 1. The first-order valence-corrected chi connectivity index (χ1v) is 8.32. The van der Waals surface area contributed by atoms with Gasteiger partial charge in [0.25, 0.3) is 0 Å². The second-order valence-electron chi connectivity index (χ2n) is 5.42.